The summed E-state index contributed by atoms with van der Waals surface area (Å²) in [4.78, 5) is 22.1. The molecule has 0 aliphatic heterocycles. The van der Waals surface area contributed by atoms with Crippen molar-refractivity contribution in [1.82, 2.24) is 10.6 Å². The van der Waals surface area contributed by atoms with E-state index in [1.165, 1.54) is 14.0 Å². The predicted octanol–water partition coefficient (Wildman–Crippen LogP) is 1.43. The summed E-state index contributed by atoms with van der Waals surface area (Å²) in [6, 6.07) is 0. The second-order valence-electron chi connectivity index (χ2n) is 5.24. The van der Waals surface area contributed by atoms with Crippen molar-refractivity contribution in [1.29, 1.82) is 0 Å². The first-order valence-electron chi connectivity index (χ1n) is 5.23. The summed E-state index contributed by atoms with van der Waals surface area (Å²) in [5, 5.41) is 5.56. The van der Waals surface area contributed by atoms with Crippen LogP contribution in [0.15, 0.2) is 0 Å². The van der Waals surface area contributed by atoms with Gasteiger partial charge in [0.05, 0.1) is 7.11 Å². The van der Waals surface area contributed by atoms with Crippen molar-refractivity contribution >= 4 is 12.0 Å². The van der Waals surface area contributed by atoms with Crippen molar-refractivity contribution in [2.45, 2.75) is 52.1 Å². The number of alkyl carbamates (subject to hydrolysis) is 1. The minimum atomic E-state index is -0.469. The lowest BCUT2D eigenvalue weighted by Gasteiger charge is -2.35. The monoisotopic (exact) mass is 230 g/mol. The fourth-order valence-electron chi connectivity index (χ4n) is 2.00. The molecular formula is C11H22N2O3. The van der Waals surface area contributed by atoms with Gasteiger partial charge in [-0.15, -0.1) is 0 Å². The lowest BCUT2D eigenvalue weighted by molar-refractivity contribution is -0.120. The summed E-state index contributed by atoms with van der Waals surface area (Å²) in [7, 11) is 1.32. The molecule has 0 aliphatic carbocycles. The molecule has 0 aromatic heterocycles. The second kappa shape index (κ2) is 5.18. The first-order chi connectivity index (χ1) is 7.08. The van der Waals surface area contributed by atoms with E-state index < -0.39 is 11.6 Å². The predicted molar refractivity (Wildman–Crippen MR) is 62.1 cm³/mol. The van der Waals surface area contributed by atoms with Crippen LogP contribution >= 0.6 is 0 Å². The lowest BCUT2D eigenvalue weighted by Crippen LogP contribution is -2.53. The van der Waals surface area contributed by atoms with Crippen molar-refractivity contribution < 1.29 is 14.3 Å². The largest absolute Gasteiger partial charge is 0.453 e. The van der Waals surface area contributed by atoms with E-state index in [1.54, 1.807) is 0 Å². The Balaban J connectivity index is 4.44. The van der Waals surface area contributed by atoms with Gasteiger partial charge >= 0.3 is 6.09 Å². The zero-order valence-corrected chi connectivity index (χ0v) is 10.9. The van der Waals surface area contributed by atoms with Crippen molar-refractivity contribution in [3.05, 3.63) is 0 Å². The number of hydrogen-bond acceptors (Lipinski definition) is 3. The number of methoxy groups -OCH3 is 1. The standard InChI is InChI=1S/C11H22N2O3/c1-8(14)12-10(2,3)7-11(4,5)13-9(15)16-6/h7H2,1-6H3,(H,12,14)(H,13,15). The fraction of sp³-hybridized carbons (Fsp3) is 0.818. The van der Waals surface area contributed by atoms with Gasteiger partial charge in [-0.25, -0.2) is 4.79 Å². The summed E-state index contributed by atoms with van der Waals surface area (Å²) in [5.41, 5.74) is -0.824. The molecule has 0 spiro atoms. The summed E-state index contributed by atoms with van der Waals surface area (Å²) >= 11 is 0. The molecule has 16 heavy (non-hydrogen) atoms. The van der Waals surface area contributed by atoms with E-state index in [1.807, 2.05) is 27.7 Å². The van der Waals surface area contributed by atoms with Crippen LogP contribution in [0.25, 0.3) is 0 Å². The van der Waals surface area contributed by atoms with Gasteiger partial charge in [-0.3, -0.25) is 4.79 Å². The van der Waals surface area contributed by atoms with Gasteiger partial charge in [0.2, 0.25) is 5.91 Å². The number of carbonyl (C=O) groups excluding carboxylic acids is 2. The molecule has 0 bridgehead atoms. The van der Waals surface area contributed by atoms with Gasteiger partial charge in [0.15, 0.2) is 0 Å². The number of nitrogens with one attached hydrogen (secondary N) is 2. The molecule has 0 aromatic rings. The van der Waals surface area contributed by atoms with Crippen molar-refractivity contribution in [3.63, 3.8) is 0 Å². The quantitative estimate of drug-likeness (QED) is 0.767. The Kier molecular flexibility index (Phi) is 4.78. The zero-order chi connectivity index (χ0) is 13.0. The molecule has 0 aliphatic rings. The zero-order valence-electron chi connectivity index (χ0n) is 10.9. The number of amides is 2. The SMILES string of the molecule is COC(=O)NC(C)(C)CC(C)(C)NC(C)=O. The third-order valence-corrected chi connectivity index (χ3v) is 2.02. The van der Waals surface area contributed by atoms with Gasteiger partial charge in [0.25, 0.3) is 0 Å². The van der Waals surface area contributed by atoms with E-state index in [2.05, 4.69) is 15.4 Å². The minimum Gasteiger partial charge on any atom is -0.453 e. The molecule has 0 unspecified atom stereocenters. The van der Waals surface area contributed by atoms with Crippen LogP contribution < -0.4 is 10.6 Å². The number of carbonyl (C=O) groups is 2. The smallest absolute Gasteiger partial charge is 0.407 e. The Hall–Kier alpha value is -1.26. The highest BCUT2D eigenvalue weighted by Gasteiger charge is 2.30. The van der Waals surface area contributed by atoms with Crippen LogP contribution in [-0.4, -0.2) is 30.2 Å². The van der Waals surface area contributed by atoms with Crippen LogP contribution in [0.5, 0.6) is 0 Å². The van der Waals surface area contributed by atoms with E-state index in [4.69, 9.17) is 0 Å². The normalized spacial score (nSPS) is 11.9. The molecular weight excluding hydrogens is 208 g/mol. The van der Waals surface area contributed by atoms with Gasteiger partial charge in [-0.2, -0.15) is 0 Å². The maximum atomic E-state index is 11.1. The third kappa shape index (κ3) is 6.27. The Morgan fingerprint density at radius 1 is 1.06 bits per heavy atom. The molecule has 5 nitrogen and oxygen atoms in total. The molecule has 94 valence electrons. The van der Waals surface area contributed by atoms with E-state index >= 15 is 0 Å². The van der Waals surface area contributed by atoms with E-state index in [0.29, 0.717) is 6.42 Å². The maximum absolute atomic E-state index is 11.1. The molecule has 0 radical (unpaired) electrons. The highest BCUT2D eigenvalue weighted by atomic mass is 16.5. The van der Waals surface area contributed by atoms with Crippen LogP contribution in [0, 0.1) is 0 Å². The molecule has 2 N–H and O–H groups in total. The summed E-state index contributed by atoms with van der Waals surface area (Å²) in [5.74, 6) is -0.0844. The summed E-state index contributed by atoms with van der Waals surface area (Å²) in [6.07, 6.45) is 0.137. The molecule has 0 atom stereocenters. The fourth-order valence-corrected chi connectivity index (χ4v) is 2.00. The average molecular weight is 230 g/mol. The highest BCUT2D eigenvalue weighted by molar-refractivity contribution is 5.73. The van der Waals surface area contributed by atoms with Gasteiger partial charge < -0.3 is 15.4 Å². The maximum Gasteiger partial charge on any atom is 0.407 e. The molecule has 0 saturated carbocycles. The first kappa shape index (κ1) is 14.7. The van der Waals surface area contributed by atoms with E-state index in [-0.39, 0.29) is 11.4 Å². The van der Waals surface area contributed by atoms with Crippen molar-refractivity contribution in [2.75, 3.05) is 7.11 Å². The van der Waals surface area contributed by atoms with Crippen LogP contribution in [0.3, 0.4) is 0 Å². The minimum absolute atomic E-state index is 0.0844. The molecule has 0 rings (SSSR count). The number of ether oxygens (including phenoxy) is 1. The summed E-state index contributed by atoms with van der Waals surface area (Å²) < 4.78 is 4.54. The molecule has 0 heterocycles. The van der Waals surface area contributed by atoms with Crippen LogP contribution in [-0.2, 0) is 9.53 Å². The number of rotatable bonds is 4. The van der Waals surface area contributed by atoms with Gasteiger partial charge in [0.1, 0.15) is 0 Å². The molecule has 2 amide bonds. The first-order valence-corrected chi connectivity index (χ1v) is 5.23. The van der Waals surface area contributed by atoms with E-state index in [0.717, 1.165) is 0 Å². The Morgan fingerprint density at radius 2 is 1.50 bits per heavy atom. The molecule has 0 fully saturated rings. The van der Waals surface area contributed by atoms with Gasteiger partial charge in [-0.05, 0) is 34.1 Å². The third-order valence-electron chi connectivity index (χ3n) is 2.02. The molecule has 0 saturated heterocycles. The molecule has 0 aromatic carbocycles. The Labute approximate surface area is 96.9 Å². The van der Waals surface area contributed by atoms with Gasteiger partial charge in [0, 0.05) is 18.0 Å². The summed E-state index contributed by atoms with van der Waals surface area (Å²) in [6.45, 7) is 9.06. The number of hydrogen-bond donors (Lipinski definition) is 2. The van der Waals surface area contributed by atoms with Crippen molar-refractivity contribution in [3.8, 4) is 0 Å². The Bertz CT molecular complexity index is 272. The lowest BCUT2D eigenvalue weighted by atomic mass is 9.87. The van der Waals surface area contributed by atoms with Crippen molar-refractivity contribution in [2.24, 2.45) is 0 Å². The molecule has 5 heteroatoms. The average Bonchev–Trinajstić information content (AvgIpc) is 1.97. The highest BCUT2D eigenvalue weighted by Crippen LogP contribution is 2.19. The topological polar surface area (TPSA) is 67.4 Å². The second-order valence-corrected chi connectivity index (χ2v) is 5.24. The van der Waals surface area contributed by atoms with Gasteiger partial charge in [-0.1, -0.05) is 0 Å². The van der Waals surface area contributed by atoms with Crippen LogP contribution in [0.2, 0.25) is 0 Å². The Morgan fingerprint density at radius 3 is 1.88 bits per heavy atom. The van der Waals surface area contributed by atoms with Crippen LogP contribution in [0.1, 0.15) is 41.0 Å². The van der Waals surface area contributed by atoms with E-state index in [9.17, 15) is 9.59 Å². The van der Waals surface area contributed by atoms with Crippen LogP contribution in [0.4, 0.5) is 4.79 Å².